The van der Waals surface area contributed by atoms with Crippen LogP contribution in [0.25, 0.3) is 0 Å². The minimum atomic E-state index is -2.43. The molecule has 0 aliphatic heterocycles. The molecule has 0 heterocycles. The Balaban J connectivity index is 2.40. The molecule has 0 aromatic heterocycles. The molecule has 60 valence electrons. The van der Waals surface area contributed by atoms with E-state index >= 15 is 0 Å². The molecule has 2 N–H and O–H groups in total. The van der Waals surface area contributed by atoms with Crippen LogP contribution in [-0.2, 0) is 0 Å². The largest absolute Gasteiger partial charge is 0.330 e. The van der Waals surface area contributed by atoms with Crippen molar-refractivity contribution in [3.8, 4) is 0 Å². The van der Waals surface area contributed by atoms with E-state index < -0.39 is 5.92 Å². The van der Waals surface area contributed by atoms with E-state index in [1.54, 1.807) is 0 Å². The highest BCUT2D eigenvalue weighted by Crippen LogP contribution is 2.35. The molecule has 1 aliphatic rings. The van der Waals surface area contributed by atoms with Crippen molar-refractivity contribution in [3.05, 3.63) is 0 Å². The Morgan fingerprint density at radius 2 is 2.20 bits per heavy atom. The molecule has 0 amide bonds. The molecule has 1 atom stereocenters. The van der Waals surface area contributed by atoms with Crippen molar-refractivity contribution in [2.75, 3.05) is 6.54 Å². The van der Waals surface area contributed by atoms with Crippen molar-refractivity contribution < 1.29 is 8.78 Å². The average Bonchev–Trinajstić information content (AvgIpc) is 1.86. The number of hydrogen-bond acceptors (Lipinski definition) is 1. The van der Waals surface area contributed by atoms with E-state index in [4.69, 9.17) is 5.73 Å². The quantitative estimate of drug-likeness (QED) is 0.604. The molecular formula is C7H13F2N. The highest BCUT2D eigenvalue weighted by molar-refractivity contribution is 4.78. The predicted octanol–water partition coefficient (Wildman–Crippen LogP) is 1.77. The Labute approximate surface area is 59.6 Å². The summed E-state index contributed by atoms with van der Waals surface area (Å²) in [5, 5.41) is 0. The van der Waals surface area contributed by atoms with Crippen LogP contribution in [0.2, 0.25) is 0 Å². The van der Waals surface area contributed by atoms with E-state index in [0.29, 0.717) is 13.0 Å². The van der Waals surface area contributed by atoms with Gasteiger partial charge in [-0.25, -0.2) is 8.78 Å². The minimum Gasteiger partial charge on any atom is -0.330 e. The molecule has 10 heavy (non-hydrogen) atoms. The molecule has 1 nitrogen and oxygen atoms in total. The lowest BCUT2D eigenvalue weighted by Crippen LogP contribution is -2.30. The van der Waals surface area contributed by atoms with Crippen molar-refractivity contribution in [2.24, 2.45) is 11.7 Å². The second kappa shape index (κ2) is 2.82. The van der Waals surface area contributed by atoms with Crippen LogP contribution in [0.4, 0.5) is 8.78 Å². The smallest absolute Gasteiger partial charge is 0.248 e. The van der Waals surface area contributed by atoms with Gasteiger partial charge in [-0.3, -0.25) is 0 Å². The van der Waals surface area contributed by atoms with Crippen LogP contribution in [0.15, 0.2) is 0 Å². The van der Waals surface area contributed by atoms with E-state index in [1.165, 1.54) is 0 Å². The monoisotopic (exact) mass is 149 g/mol. The first-order chi connectivity index (χ1) is 4.64. The van der Waals surface area contributed by atoms with Gasteiger partial charge in [0.15, 0.2) is 0 Å². The molecule has 0 bridgehead atoms. The molecule has 0 aromatic carbocycles. The van der Waals surface area contributed by atoms with Gasteiger partial charge >= 0.3 is 0 Å². The SMILES string of the molecule is NCC1CCCC(F)(F)C1. The van der Waals surface area contributed by atoms with Gasteiger partial charge in [0.1, 0.15) is 0 Å². The fourth-order valence-electron chi connectivity index (χ4n) is 1.48. The van der Waals surface area contributed by atoms with Gasteiger partial charge in [0.05, 0.1) is 0 Å². The van der Waals surface area contributed by atoms with E-state index in [1.807, 2.05) is 0 Å². The van der Waals surface area contributed by atoms with E-state index in [-0.39, 0.29) is 18.8 Å². The number of alkyl halides is 2. The molecule has 1 fully saturated rings. The van der Waals surface area contributed by atoms with Crippen LogP contribution in [0.3, 0.4) is 0 Å². The number of nitrogens with two attached hydrogens (primary N) is 1. The third-order valence-electron chi connectivity index (χ3n) is 2.08. The fourth-order valence-corrected chi connectivity index (χ4v) is 1.48. The van der Waals surface area contributed by atoms with Crippen molar-refractivity contribution in [3.63, 3.8) is 0 Å². The van der Waals surface area contributed by atoms with Gasteiger partial charge in [-0.15, -0.1) is 0 Å². The van der Waals surface area contributed by atoms with Gasteiger partial charge in [0, 0.05) is 12.8 Å². The second-order valence-corrected chi connectivity index (χ2v) is 3.05. The van der Waals surface area contributed by atoms with Gasteiger partial charge in [-0.2, -0.15) is 0 Å². The molecule has 1 aliphatic carbocycles. The maximum atomic E-state index is 12.6. The molecule has 0 spiro atoms. The summed E-state index contributed by atoms with van der Waals surface area (Å²) >= 11 is 0. The topological polar surface area (TPSA) is 26.0 Å². The minimum absolute atomic E-state index is 0.00347. The molecule has 0 aromatic rings. The zero-order chi connectivity index (χ0) is 7.61. The molecule has 3 heteroatoms. The van der Waals surface area contributed by atoms with E-state index in [2.05, 4.69) is 0 Å². The van der Waals surface area contributed by atoms with Gasteiger partial charge in [-0.1, -0.05) is 0 Å². The lowest BCUT2D eigenvalue weighted by Gasteiger charge is -2.27. The maximum Gasteiger partial charge on any atom is 0.248 e. The van der Waals surface area contributed by atoms with Crippen LogP contribution in [0.5, 0.6) is 0 Å². The van der Waals surface area contributed by atoms with Crippen molar-refractivity contribution in [1.29, 1.82) is 0 Å². The van der Waals surface area contributed by atoms with Crippen molar-refractivity contribution in [1.82, 2.24) is 0 Å². The Kier molecular flexibility index (Phi) is 2.24. The number of rotatable bonds is 1. The standard InChI is InChI=1S/C7H13F2N/c8-7(9)3-1-2-6(4-7)5-10/h6H,1-5,10H2. The summed E-state index contributed by atoms with van der Waals surface area (Å²) in [5.74, 6) is -2.37. The Hall–Kier alpha value is -0.180. The molecule has 1 saturated carbocycles. The molecule has 0 radical (unpaired) electrons. The fraction of sp³-hybridized carbons (Fsp3) is 1.00. The summed E-state index contributed by atoms with van der Waals surface area (Å²) in [6.07, 6.45) is 1.58. The second-order valence-electron chi connectivity index (χ2n) is 3.05. The summed E-state index contributed by atoms with van der Waals surface area (Å²) < 4.78 is 25.2. The first kappa shape index (κ1) is 7.92. The Morgan fingerprint density at radius 3 is 2.60 bits per heavy atom. The Morgan fingerprint density at radius 1 is 1.50 bits per heavy atom. The average molecular weight is 149 g/mol. The third kappa shape index (κ3) is 1.90. The zero-order valence-electron chi connectivity index (χ0n) is 5.95. The summed E-state index contributed by atoms with van der Waals surface area (Å²) in [4.78, 5) is 0. The first-order valence-electron chi connectivity index (χ1n) is 3.72. The normalized spacial score (nSPS) is 32.1. The highest BCUT2D eigenvalue weighted by atomic mass is 19.3. The van der Waals surface area contributed by atoms with Crippen LogP contribution in [0.1, 0.15) is 25.7 Å². The van der Waals surface area contributed by atoms with Crippen molar-refractivity contribution >= 4 is 0 Å². The summed E-state index contributed by atoms with van der Waals surface area (Å²) in [7, 11) is 0. The molecule has 1 unspecified atom stereocenters. The van der Waals surface area contributed by atoms with Gasteiger partial charge in [-0.05, 0) is 25.3 Å². The molecule has 1 rings (SSSR count). The predicted molar refractivity (Wildman–Crippen MR) is 36.0 cm³/mol. The van der Waals surface area contributed by atoms with E-state index in [9.17, 15) is 8.78 Å². The number of hydrogen-bond donors (Lipinski definition) is 1. The van der Waals surface area contributed by atoms with Crippen LogP contribution >= 0.6 is 0 Å². The van der Waals surface area contributed by atoms with Crippen LogP contribution in [-0.4, -0.2) is 12.5 Å². The Bertz CT molecular complexity index is 114. The molecular weight excluding hydrogens is 136 g/mol. The van der Waals surface area contributed by atoms with E-state index in [0.717, 1.165) is 6.42 Å². The van der Waals surface area contributed by atoms with Gasteiger partial charge < -0.3 is 5.73 Å². The zero-order valence-corrected chi connectivity index (χ0v) is 5.95. The van der Waals surface area contributed by atoms with Crippen LogP contribution < -0.4 is 5.73 Å². The van der Waals surface area contributed by atoms with Gasteiger partial charge in [0.2, 0.25) is 5.92 Å². The molecule has 0 saturated heterocycles. The number of halogens is 2. The maximum absolute atomic E-state index is 12.6. The lowest BCUT2D eigenvalue weighted by atomic mass is 9.87. The third-order valence-corrected chi connectivity index (χ3v) is 2.08. The first-order valence-corrected chi connectivity index (χ1v) is 3.72. The van der Waals surface area contributed by atoms with Crippen molar-refractivity contribution in [2.45, 2.75) is 31.6 Å². The highest BCUT2D eigenvalue weighted by Gasteiger charge is 2.35. The summed E-state index contributed by atoms with van der Waals surface area (Å²) in [6, 6.07) is 0. The van der Waals surface area contributed by atoms with Crippen LogP contribution in [0, 0.1) is 5.92 Å². The summed E-state index contributed by atoms with van der Waals surface area (Å²) in [5.41, 5.74) is 5.29. The van der Waals surface area contributed by atoms with Gasteiger partial charge in [0.25, 0.3) is 0 Å². The summed E-state index contributed by atoms with van der Waals surface area (Å²) in [6.45, 7) is 0.412. The lowest BCUT2D eigenvalue weighted by molar-refractivity contribution is -0.0508.